The minimum absolute atomic E-state index is 0.0191. The normalized spacial score (nSPS) is 13.9. The minimum Gasteiger partial charge on any atom is -0.268 e. The van der Waals surface area contributed by atoms with Crippen molar-refractivity contribution in [2.75, 3.05) is 18.0 Å². The largest absolute Gasteiger partial charge is 0.268 e. The highest BCUT2D eigenvalue weighted by Gasteiger charge is 2.38. The Morgan fingerprint density at radius 2 is 1.43 bits per heavy atom. The maximum absolute atomic E-state index is 13.3. The van der Waals surface area contributed by atoms with E-state index in [2.05, 4.69) is 0 Å². The van der Waals surface area contributed by atoms with Gasteiger partial charge in [-0.25, -0.2) is 13.3 Å². The van der Waals surface area contributed by atoms with Crippen LogP contribution in [0, 0.1) is 0 Å². The van der Waals surface area contributed by atoms with E-state index in [0.29, 0.717) is 13.1 Å². The first kappa shape index (κ1) is 22.5. The zero-order valence-electron chi connectivity index (χ0n) is 17.1. The minimum atomic E-state index is -3.79. The Morgan fingerprint density at radius 3 is 1.93 bits per heavy atom. The molecule has 0 unspecified atom stereocenters. The molecule has 0 fully saturated rings. The Balaban J connectivity index is 2.01. The van der Waals surface area contributed by atoms with Gasteiger partial charge in [0.2, 0.25) is 10.0 Å². The van der Waals surface area contributed by atoms with Crippen molar-refractivity contribution in [3.05, 3.63) is 58.6 Å². The van der Waals surface area contributed by atoms with Crippen LogP contribution in [0.4, 0.5) is 5.69 Å². The third-order valence-electron chi connectivity index (χ3n) is 5.11. The Morgan fingerprint density at radius 1 is 0.900 bits per heavy atom. The van der Waals surface area contributed by atoms with Crippen LogP contribution in [0.1, 0.15) is 60.2 Å². The number of rotatable bonds is 9. The molecule has 0 aliphatic carbocycles. The lowest BCUT2D eigenvalue weighted by Crippen LogP contribution is -2.34. The van der Waals surface area contributed by atoms with Gasteiger partial charge in [0.05, 0.1) is 26.7 Å². The van der Waals surface area contributed by atoms with Crippen LogP contribution < -0.4 is 4.90 Å². The SMILES string of the molecule is CCCCN(CCCC)S(=O)(=O)c1ccc(Cl)c(N2C(=O)c3ccccc3C2=O)c1. The summed E-state index contributed by atoms with van der Waals surface area (Å²) in [7, 11) is -3.79. The van der Waals surface area contributed by atoms with E-state index < -0.39 is 21.8 Å². The number of unbranched alkanes of at least 4 members (excludes halogenated alkanes) is 2. The van der Waals surface area contributed by atoms with E-state index in [-0.39, 0.29) is 26.7 Å². The molecule has 0 bridgehead atoms. The molecule has 0 spiro atoms. The molecule has 1 heterocycles. The van der Waals surface area contributed by atoms with Crippen LogP contribution in [0.5, 0.6) is 0 Å². The van der Waals surface area contributed by atoms with Gasteiger partial charge in [0.1, 0.15) is 0 Å². The number of anilines is 1. The molecule has 1 aliphatic rings. The van der Waals surface area contributed by atoms with Gasteiger partial charge in [-0.2, -0.15) is 4.31 Å². The highest BCUT2D eigenvalue weighted by molar-refractivity contribution is 7.89. The molecule has 160 valence electrons. The predicted octanol–water partition coefficient (Wildman–Crippen LogP) is 4.73. The molecule has 0 N–H and O–H groups in total. The lowest BCUT2D eigenvalue weighted by Gasteiger charge is -2.23. The van der Waals surface area contributed by atoms with Crippen LogP contribution in [0.2, 0.25) is 5.02 Å². The fraction of sp³-hybridized carbons (Fsp3) is 0.364. The van der Waals surface area contributed by atoms with Gasteiger partial charge in [-0.05, 0) is 43.2 Å². The summed E-state index contributed by atoms with van der Waals surface area (Å²) >= 11 is 6.29. The molecule has 3 rings (SSSR count). The molecular formula is C22H25ClN2O4S. The topological polar surface area (TPSA) is 74.8 Å². The molecule has 0 saturated heterocycles. The van der Waals surface area contributed by atoms with Gasteiger partial charge in [0, 0.05) is 13.1 Å². The average molecular weight is 449 g/mol. The van der Waals surface area contributed by atoms with E-state index in [1.54, 1.807) is 24.3 Å². The summed E-state index contributed by atoms with van der Waals surface area (Å²) in [6.45, 7) is 4.86. The third kappa shape index (κ3) is 4.15. The zero-order chi connectivity index (χ0) is 21.9. The summed E-state index contributed by atoms with van der Waals surface area (Å²) in [5.41, 5.74) is 0.633. The maximum Gasteiger partial charge on any atom is 0.266 e. The molecule has 2 aromatic carbocycles. The zero-order valence-corrected chi connectivity index (χ0v) is 18.7. The van der Waals surface area contributed by atoms with E-state index >= 15 is 0 Å². The molecule has 6 nitrogen and oxygen atoms in total. The molecule has 0 saturated carbocycles. The van der Waals surface area contributed by atoms with Crippen LogP contribution in [0.15, 0.2) is 47.4 Å². The van der Waals surface area contributed by atoms with Crippen LogP contribution in [-0.2, 0) is 10.0 Å². The molecular weight excluding hydrogens is 424 g/mol. The first-order chi connectivity index (χ1) is 14.3. The number of halogens is 1. The molecule has 30 heavy (non-hydrogen) atoms. The molecule has 1 aliphatic heterocycles. The number of sulfonamides is 1. The number of amides is 2. The highest BCUT2D eigenvalue weighted by Crippen LogP contribution is 2.35. The number of benzene rings is 2. The number of hydrogen-bond acceptors (Lipinski definition) is 4. The number of fused-ring (bicyclic) bond motifs is 1. The van der Waals surface area contributed by atoms with Crippen molar-refractivity contribution in [1.82, 2.24) is 4.31 Å². The van der Waals surface area contributed by atoms with Crippen molar-refractivity contribution in [1.29, 1.82) is 0 Å². The van der Waals surface area contributed by atoms with Crippen molar-refractivity contribution < 1.29 is 18.0 Å². The van der Waals surface area contributed by atoms with E-state index in [1.807, 2.05) is 13.8 Å². The van der Waals surface area contributed by atoms with Gasteiger partial charge >= 0.3 is 0 Å². The van der Waals surface area contributed by atoms with Gasteiger partial charge < -0.3 is 0 Å². The number of nitrogens with zero attached hydrogens (tertiary/aromatic N) is 2. The maximum atomic E-state index is 13.3. The average Bonchev–Trinajstić information content (AvgIpc) is 2.99. The van der Waals surface area contributed by atoms with Gasteiger partial charge in [-0.15, -0.1) is 0 Å². The quantitative estimate of drug-likeness (QED) is 0.519. The van der Waals surface area contributed by atoms with Crippen LogP contribution in [0.3, 0.4) is 0 Å². The van der Waals surface area contributed by atoms with E-state index in [1.165, 1.54) is 22.5 Å². The van der Waals surface area contributed by atoms with Crippen LogP contribution >= 0.6 is 11.6 Å². The second-order valence-corrected chi connectivity index (χ2v) is 9.56. The summed E-state index contributed by atoms with van der Waals surface area (Å²) in [6.07, 6.45) is 3.25. The smallest absolute Gasteiger partial charge is 0.266 e. The van der Waals surface area contributed by atoms with Crippen molar-refractivity contribution in [2.45, 2.75) is 44.4 Å². The van der Waals surface area contributed by atoms with Crippen molar-refractivity contribution >= 4 is 39.1 Å². The number of hydrogen-bond donors (Lipinski definition) is 0. The van der Waals surface area contributed by atoms with Crippen molar-refractivity contribution in [3.63, 3.8) is 0 Å². The van der Waals surface area contributed by atoms with Crippen molar-refractivity contribution in [2.24, 2.45) is 0 Å². The van der Waals surface area contributed by atoms with Gasteiger partial charge in [0.25, 0.3) is 11.8 Å². The second kappa shape index (κ2) is 9.29. The Hall–Kier alpha value is -2.22. The van der Waals surface area contributed by atoms with Crippen LogP contribution in [0.25, 0.3) is 0 Å². The summed E-state index contributed by atoms with van der Waals surface area (Å²) in [5, 5.41) is 0.136. The molecule has 8 heteroatoms. The Bertz CT molecular complexity index is 1030. The standard InChI is InChI=1S/C22H25ClN2O4S/c1-3-5-13-24(14-6-4-2)30(28,29)16-11-12-19(23)20(15-16)25-21(26)17-9-7-8-10-18(17)22(25)27/h7-12,15H,3-6,13-14H2,1-2H3. The molecule has 0 aromatic heterocycles. The molecule has 2 amide bonds. The highest BCUT2D eigenvalue weighted by atomic mass is 35.5. The number of carbonyl (C=O) groups is 2. The summed E-state index contributed by atoms with van der Waals surface area (Å²) in [6, 6.07) is 10.7. The Kier molecular flexibility index (Phi) is 6.95. The van der Waals surface area contributed by atoms with E-state index in [4.69, 9.17) is 11.6 Å². The lowest BCUT2D eigenvalue weighted by atomic mass is 10.1. The predicted molar refractivity (Wildman–Crippen MR) is 118 cm³/mol. The van der Waals surface area contributed by atoms with Gasteiger partial charge in [-0.1, -0.05) is 50.4 Å². The molecule has 0 atom stereocenters. The lowest BCUT2D eigenvalue weighted by molar-refractivity contribution is 0.0926. The van der Waals surface area contributed by atoms with E-state index in [9.17, 15) is 18.0 Å². The second-order valence-electron chi connectivity index (χ2n) is 7.22. The van der Waals surface area contributed by atoms with Gasteiger partial charge in [-0.3, -0.25) is 9.59 Å². The van der Waals surface area contributed by atoms with Gasteiger partial charge in [0.15, 0.2) is 0 Å². The summed E-state index contributed by atoms with van der Waals surface area (Å²) in [5.74, 6) is -1.03. The first-order valence-corrected chi connectivity index (χ1v) is 11.9. The fourth-order valence-corrected chi connectivity index (χ4v) is 5.14. The van der Waals surface area contributed by atoms with Crippen molar-refractivity contribution in [3.8, 4) is 0 Å². The summed E-state index contributed by atoms with van der Waals surface area (Å²) in [4.78, 5) is 26.6. The molecule has 2 aromatic rings. The van der Waals surface area contributed by atoms with E-state index in [0.717, 1.165) is 30.6 Å². The number of carbonyl (C=O) groups excluding carboxylic acids is 2. The Labute approximate surface area is 182 Å². The summed E-state index contributed by atoms with van der Waals surface area (Å²) < 4.78 is 28.1. The van der Waals surface area contributed by atoms with Crippen LogP contribution in [-0.4, -0.2) is 37.6 Å². The first-order valence-electron chi connectivity index (χ1n) is 10.1. The monoisotopic (exact) mass is 448 g/mol. The third-order valence-corrected chi connectivity index (χ3v) is 7.33. The number of imide groups is 1. The fourth-order valence-electron chi connectivity index (χ4n) is 3.40. The molecule has 0 radical (unpaired) electrons.